The lowest BCUT2D eigenvalue weighted by molar-refractivity contribution is -0.141. The predicted molar refractivity (Wildman–Crippen MR) is 56.7 cm³/mol. The maximum atomic E-state index is 9.99. The van der Waals surface area contributed by atoms with Gasteiger partial charge in [-0.25, -0.2) is 0 Å². The van der Waals surface area contributed by atoms with E-state index in [1.165, 1.54) is 6.92 Å². The first-order chi connectivity index (χ1) is 7.59. The molecule has 1 amide bonds. The van der Waals surface area contributed by atoms with Crippen molar-refractivity contribution in [1.29, 1.82) is 0 Å². The molecule has 0 fully saturated rings. The SMILES string of the molecule is C[C@@H](O)[C@H](N)C(=O)O.NC(=O)C[C@H](N)C(=O)O. The minimum atomic E-state index is -1.21. The van der Waals surface area contributed by atoms with Gasteiger partial charge in [-0.05, 0) is 6.92 Å². The second kappa shape index (κ2) is 8.44. The average Bonchev–Trinajstić information content (AvgIpc) is 2.15. The van der Waals surface area contributed by atoms with Gasteiger partial charge in [0, 0.05) is 0 Å². The Hall–Kier alpha value is -1.71. The fourth-order valence-corrected chi connectivity index (χ4v) is 0.510. The van der Waals surface area contributed by atoms with Gasteiger partial charge in [0.25, 0.3) is 0 Å². The van der Waals surface area contributed by atoms with Gasteiger partial charge in [0.2, 0.25) is 5.91 Å². The molecule has 0 radical (unpaired) electrons. The summed E-state index contributed by atoms with van der Waals surface area (Å²) >= 11 is 0. The van der Waals surface area contributed by atoms with Crippen LogP contribution in [0, 0.1) is 0 Å². The molecule has 0 rings (SSSR count). The zero-order valence-electron chi connectivity index (χ0n) is 9.24. The molecular weight excluding hydrogens is 234 g/mol. The van der Waals surface area contributed by atoms with Gasteiger partial charge >= 0.3 is 11.9 Å². The highest BCUT2D eigenvalue weighted by Gasteiger charge is 2.16. The van der Waals surface area contributed by atoms with Crippen molar-refractivity contribution in [2.75, 3.05) is 0 Å². The third-order valence-electron chi connectivity index (χ3n) is 1.54. The van der Waals surface area contributed by atoms with E-state index < -0.39 is 36.0 Å². The smallest absolute Gasteiger partial charge is 0.323 e. The first-order valence-electron chi connectivity index (χ1n) is 4.52. The van der Waals surface area contributed by atoms with E-state index in [-0.39, 0.29) is 6.42 Å². The fraction of sp³-hybridized carbons (Fsp3) is 0.625. The normalized spacial score (nSPS) is 14.8. The van der Waals surface area contributed by atoms with Crippen LogP contribution in [0.1, 0.15) is 13.3 Å². The van der Waals surface area contributed by atoms with E-state index in [1.54, 1.807) is 0 Å². The van der Waals surface area contributed by atoms with Crippen LogP contribution in [0.2, 0.25) is 0 Å². The Labute approximate surface area is 97.2 Å². The number of amides is 1. The number of rotatable bonds is 5. The number of carboxylic acids is 2. The molecule has 0 unspecified atom stereocenters. The summed E-state index contributed by atoms with van der Waals surface area (Å²) in [4.78, 5) is 29.8. The summed E-state index contributed by atoms with van der Waals surface area (Å²) < 4.78 is 0. The van der Waals surface area contributed by atoms with Crippen LogP contribution in [-0.4, -0.2) is 51.4 Å². The van der Waals surface area contributed by atoms with Crippen molar-refractivity contribution in [1.82, 2.24) is 0 Å². The van der Waals surface area contributed by atoms with Crippen molar-refractivity contribution < 1.29 is 29.7 Å². The third kappa shape index (κ3) is 10.6. The maximum Gasteiger partial charge on any atom is 0.323 e. The molecule has 0 aromatic carbocycles. The zero-order valence-corrected chi connectivity index (χ0v) is 9.24. The molecule has 0 aliphatic rings. The second-order valence-electron chi connectivity index (χ2n) is 3.22. The van der Waals surface area contributed by atoms with Crippen molar-refractivity contribution in [3.8, 4) is 0 Å². The summed E-state index contributed by atoms with van der Waals surface area (Å²) in [5.41, 5.74) is 14.5. The Balaban J connectivity index is 0. The van der Waals surface area contributed by atoms with Crippen LogP contribution >= 0.6 is 0 Å². The molecule has 100 valence electrons. The molecule has 9 nitrogen and oxygen atoms in total. The van der Waals surface area contributed by atoms with Crippen molar-refractivity contribution in [2.24, 2.45) is 17.2 Å². The van der Waals surface area contributed by atoms with E-state index >= 15 is 0 Å². The molecule has 9 N–H and O–H groups in total. The first kappa shape index (κ1) is 17.7. The number of hydrogen-bond donors (Lipinski definition) is 6. The van der Waals surface area contributed by atoms with Crippen molar-refractivity contribution >= 4 is 17.8 Å². The van der Waals surface area contributed by atoms with Gasteiger partial charge in [-0.2, -0.15) is 0 Å². The lowest BCUT2D eigenvalue weighted by Gasteiger charge is -2.06. The van der Waals surface area contributed by atoms with Crippen molar-refractivity contribution in [3.05, 3.63) is 0 Å². The lowest BCUT2D eigenvalue weighted by atomic mass is 10.2. The molecule has 0 aliphatic heterocycles. The molecule has 17 heavy (non-hydrogen) atoms. The van der Waals surface area contributed by atoms with Crippen LogP contribution in [0.15, 0.2) is 0 Å². The third-order valence-corrected chi connectivity index (χ3v) is 1.54. The number of hydrogen-bond acceptors (Lipinski definition) is 6. The van der Waals surface area contributed by atoms with Gasteiger partial charge in [-0.15, -0.1) is 0 Å². The zero-order chi connectivity index (χ0) is 14.2. The van der Waals surface area contributed by atoms with Gasteiger partial charge in [0.05, 0.1) is 12.5 Å². The van der Waals surface area contributed by atoms with Crippen LogP contribution in [0.5, 0.6) is 0 Å². The number of carbonyl (C=O) groups is 3. The van der Waals surface area contributed by atoms with E-state index in [0.29, 0.717) is 0 Å². The van der Waals surface area contributed by atoms with Crippen molar-refractivity contribution in [3.63, 3.8) is 0 Å². The van der Waals surface area contributed by atoms with Crippen LogP contribution in [0.4, 0.5) is 0 Å². The molecule has 9 heteroatoms. The summed E-state index contributed by atoms with van der Waals surface area (Å²) in [6.45, 7) is 1.33. The first-order valence-corrected chi connectivity index (χ1v) is 4.52. The van der Waals surface area contributed by atoms with Gasteiger partial charge < -0.3 is 32.5 Å². The Morgan fingerprint density at radius 3 is 1.59 bits per heavy atom. The summed E-state index contributed by atoms with van der Waals surface area (Å²) in [7, 11) is 0. The number of carbonyl (C=O) groups excluding carboxylic acids is 1. The molecule has 0 bridgehead atoms. The molecule has 0 saturated heterocycles. The van der Waals surface area contributed by atoms with Crippen LogP contribution in [0.3, 0.4) is 0 Å². The number of nitrogens with two attached hydrogens (primary N) is 3. The van der Waals surface area contributed by atoms with Crippen LogP contribution < -0.4 is 17.2 Å². The molecule has 0 saturated carbocycles. The molecular formula is C8H17N3O6. The van der Waals surface area contributed by atoms with E-state index in [4.69, 9.17) is 26.8 Å². The van der Waals surface area contributed by atoms with Crippen LogP contribution in [0.25, 0.3) is 0 Å². The second-order valence-corrected chi connectivity index (χ2v) is 3.22. The Morgan fingerprint density at radius 1 is 1.12 bits per heavy atom. The molecule has 0 heterocycles. The Morgan fingerprint density at radius 2 is 1.53 bits per heavy atom. The molecule has 0 aliphatic carbocycles. The van der Waals surface area contributed by atoms with E-state index in [1.807, 2.05) is 0 Å². The van der Waals surface area contributed by atoms with Gasteiger partial charge in [-0.1, -0.05) is 0 Å². The predicted octanol–water partition coefficient (Wildman–Crippen LogP) is -2.95. The number of primary amides is 1. The van der Waals surface area contributed by atoms with Gasteiger partial charge in [0.15, 0.2) is 0 Å². The van der Waals surface area contributed by atoms with Gasteiger partial charge in [0.1, 0.15) is 12.1 Å². The minimum absolute atomic E-state index is 0.310. The van der Waals surface area contributed by atoms with E-state index in [9.17, 15) is 14.4 Å². The topological polar surface area (TPSA) is 190 Å². The molecule has 0 aromatic heterocycles. The fourth-order valence-electron chi connectivity index (χ4n) is 0.510. The molecule has 0 aromatic rings. The number of aliphatic carboxylic acids is 2. The highest BCUT2D eigenvalue weighted by atomic mass is 16.4. The molecule has 3 atom stereocenters. The number of aliphatic hydroxyl groups is 1. The van der Waals surface area contributed by atoms with E-state index in [0.717, 1.165) is 0 Å². The Kier molecular flexibility index (Phi) is 8.78. The minimum Gasteiger partial charge on any atom is -0.480 e. The lowest BCUT2D eigenvalue weighted by Crippen LogP contribution is -2.39. The largest absolute Gasteiger partial charge is 0.480 e. The quantitative estimate of drug-likeness (QED) is 0.298. The summed E-state index contributed by atoms with van der Waals surface area (Å²) in [5.74, 6) is -3.10. The summed E-state index contributed by atoms with van der Waals surface area (Å²) in [6, 6.07) is -2.32. The molecule has 0 spiro atoms. The van der Waals surface area contributed by atoms with Crippen LogP contribution in [-0.2, 0) is 14.4 Å². The highest BCUT2D eigenvalue weighted by molar-refractivity contribution is 5.83. The Bertz CT molecular complexity index is 280. The number of carboxylic acid groups (broad SMARTS) is 2. The monoisotopic (exact) mass is 251 g/mol. The van der Waals surface area contributed by atoms with Crippen molar-refractivity contribution in [2.45, 2.75) is 31.5 Å². The standard InChI is InChI=1S/C4H8N2O3.C4H9NO3/c5-2(4(8)9)1-3(6)7;1-2(6)3(5)4(7)8/h2H,1,5H2,(H2,6,7)(H,8,9);2-3,6H,5H2,1H3,(H,7,8)/t2-;2-,3+/m01/s1. The average molecular weight is 251 g/mol. The summed E-state index contributed by atoms with van der Waals surface area (Å²) in [5, 5.41) is 24.7. The maximum absolute atomic E-state index is 9.99. The number of aliphatic hydroxyl groups excluding tert-OH is 1. The van der Waals surface area contributed by atoms with E-state index in [2.05, 4.69) is 5.73 Å². The summed E-state index contributed by atoms with van der Waals surface area (Å²) in [6.07, 6.45) is -1.29. The highest BCUT2D eigenvalue weighted by Crippen LogP contribution is 1.86. The van der Waals surface area contributed by atoms with Gasteiger partial charge in [-0.3, -0.25) is 14.4 Å².